The summed E-state index contributed by atoms with van der Waals surface area (Å²) in [6.07, 6.45) is 0.350. The Morgan fingerprint density at radius 3 is 2.85 bits per heavy atom. The lowest BCUT2D eigenvalue weighted by Crippen LogP contribution is -2.96. The van der Waals surface area contributed by atoms with Gasteiger partial charge >= 0.3 is 0 Å². The molecule has 1 fully saturated rings. The van der Waals surface area contributed by atoms with Crippen LogP contribution in [0.25, 0.3) is 0 Å². The molecule has 0 aromatic heterocycles. The van der Waals surface area contributed by atoms with Crippen molar-refractivity contribution < 1.29 is 25.2 Å². The average molecular weight is 355 g/mol. The predicted octanol–water partition coefficient (Wildman–Crippen LogP) is -0.382. The van der Waals surface area contributed by atoms with Gasteiger partial charge in [-0.2, -0.15) is 0 Å². The number of carbonyl (C=O) groups is 1. The monoisotopic (exact) mass is 355 g/mol. The highest BCUT2D eigenvalue weighted by molar-refractivity contribution is 5.72. The number of nitrogens with two attached hydrogens (primary N) is 1. The number of aliphatic carboxylic acids is 1. The zero-order valence-corrected chi connectivity index (χ0v) is 13.7. The molecule has 2 aliphatic heterocycles. The Kier molecular flexibility index (Phi) is 3.58. The Hall–Kier alpha value is -3.13. The van der Waals surface area contributed by atoms with Crippen molar-refractivity contribution in [1.29, 1.82) is 0 Å². The highest BCUT2D eigenvalue weighted by Crippen LogP contribution is 2.47. The van der Waals surface area contributed by atoms with E-state index >= 15 is 0 Å². The standard InChI is InChI=1S/C18H17N3O5/c22-15-6-5-11(21(25)26)7-10(15)8-18-9-14(16(23)24)20-17(18)19-13-4-2-1-3-12(13)18/h1-7,14,17,19-20,22H,8-9H2,(H,23,24)/t14-,17+,18+/m0/s1. The van der Waals surface area contributed by atoms with Gasteiger partial charge in [-0.25, -0.2) is 0 Å². The number of hydrogen-bond acceptors (Lipinski definition) is 6. The molecule has 8 heteroatoms. The Morgan fingerprint density at radius 1 is 1.35 bits per heavy atom. The number of para-hydroxylation sites is 1. The van der Waals surface area contributed by atoms with Crippen molar-refractivity contribution in [3.05, 3.63) is 63.7 Å². The average Bonchev–Trinajstić information content (AvgIpc) is 3.09. The van der Waals surface area contributed by atoms with Gasteiger partial charge in [-0.3, -0.25) is 10.1 Å². The second-order valence-electron chi connectivity index (χ2n) is 6.89. The van der Waals surface area contributed by atoms with E-state index < -0.39 is 22.3 Å². The number of carboxylic acids is 1. The summed E-state index contributed by atoms with van der Waals surface area (Å²) in [5, 5.41) is 37.8. The van der Waals surface area contributed by atoms with Crippen molar-refractivity contribution in [2.45, 2.75) is 30.5 Å². The van der Waals surface area contributed by atoms with Crippen molar-refractivity contribution in [3.63, 3.8) is 0 Å². The molecular formula is C18H17N3O5. The molecule has 4 N–H and O–H groups in total. The molecule has 0 unspecified atom stereocenters. The molecule has 2 aromatic carbocycles. The zero-order valence-electron chi connectivity index (χ0n) is 13.7. The van der Waals surface area contributed by atoms with Gasteiger partial charge in [-0.05, 0) is 24.1 Å². The summed E-state index contributed by atoms with van der Waals surface area (Å²) >= 11 is 0. The van der Waals surface area contributed by atoms with E-state index in [2.05, 4.69) is 5.32 Å². The number of nitrogens with one attached hydrogen (secondary N) is 1. The summed E-state index contributed by atoms with van der Waals surface area (Å²) in [5.41, 5.74) is 1.58. The Labute approximate surface area is 148 Å². The first-order valence-electron chi connectivity index (χ1n) is 8.29. The summed E-state index contributed by atoms with van der Waals surface area (Å²) in [4.78, 5) is 22.0. The third-order valence-corrected chi connectivity index (χ3v) is 5.46. The number of quaternary nitrogens is 1. The van der Waals surface area contributed by atoms with Gasteiger partial charge in [0.2, 0.25) is 0 Å². The van der Waals surface area contributed by atoms with Gasteiger partial charge in [0.25, 0.3) is 5.69 Å². The number of fused-ring (bicyclic) bond motifs is 3. The van der Waals surface area contributed by atoms with E-state index in [1.165, 1.54) is 18.2 Å². The van der Waals surface area contributed by atoms with Crippen LogP contribution in [0, 0.1) is 10.1 Å². The zero-order chi connectivity index (χ0) is 18.5. The van der Waals surface area contributed by atoms with Gasteiger partial charge in [0.05, 0.1) is 16.3 Å². The van der Waals surface area contributed by atoms with E-state index in [9.17, 15) is 25.1 Å². The fraction of sp³-hybridized carbons (Fsp3) is 0.278. The second kappa shape index (κ2) is 5.70. The van der Waals surface area contributed by atoms with Crippen LogP contribution in [0.4, 0.5) is 11.4 Å². The third kappa shape index (κ3) is 2.38. The van der Waals surface area contributed by atoms with Gasteiger partial charge < -0.3 is 25.6 Å². The van der Waals surface area contributed by atoms with E-state index in [4.69, 9.17) is 0 Å². The van der Waals surface area contributed by atoms with Crippen LogP contribution in [-0.2, 0) is 16.6 Å². The first-order chi connectivity index (χ1) is 12.4. The lowest BCUT2D eigenvalue weighted by Gasteiger charge is -2.26. The van der Waals surface area contributed by atoms with Gasteiger partial charge in [0.15, 0.2) is 6.17 Å². The van der Waals surface area contributed by atoms with Crippen molar-refractivity contribution in [1.82, 2.24) is 0 Å². The van der Waals surface area contributed by atoms with E-state index in [-0.39, 0.29) is 24.0 Å². The molecule has 4 rings (SSSR count). The number of phenols is 1. The van der Waals surface area contributed by atoms with Crippen LogP contribution >= 0.6 is 0 Å². The minimum Gasteiger partial charge on any atom is -0.544 e. The number of carbonyl (C=O) groups excluding carboxylic acids is 1. The van der Waals surface area contributed by atoms with Crippen molar-refractivity contribution >= 4 is 17.3 Å². The molecule has 8 nitrogen and oxygen atoms in total. The summed E-state index contributed by atoms with van der Waals surface area (Å²) in [6, 6.07) is 10.8. The summed E-state index contributed by atoms with van der Waals surface area (Å²) in [7, 11) is 0. The van der Waals surface area contributed by atoms with Gasteiger partial charge in [-0.15, -0.1) is 0 Å². The minimum absolute atomic E-state index is 0.0370. The molecule has 134 valence electrons. The number of nitro benzene ring substituents is 1. The number of benzene rings is 2. The van der Waals surface area contributed by atoms with Crippen LogP contribution in [0.1, 0.15) is 17.5 Å². The molecule has 0 radical (unpaired) electrons. The van der Waals surface area contributed by atoms with Crippen molar-refractivity contribution in [2.24, 2.45) is 0 Å². The molecule has 0 saturated carbocycles. The second-order valence-corrected chi connectivity index (χ2v) is 6.89. The normalized spacial score (nSPS) is 26.0. The predicted molar refractivity (Wildman–Crippen MR) is 89.3 cm³/mol. The van der Waals surface area contributed by atoms with E-state index in [0.29, 0.717) is 12.0 Å². The third-order valence-electron chi connectivity index (χ3n) is 5.46. The van der Waals surface area contributed by atoms with E-state index in [1.54, 1.807) is 5.32 Å². The number of phenolic OH excluding ortho intramolecular Hbond substituents is 1. The molecule has 3 atom stereocenters. The number of nitrogens with zero attached hydrogens (tertiary/aromatic N) is 1. The lowest BCUT2D eigenvalue weighted by molar-refractivity contribution is -0.693. The molecule has 26 heavy (non-hydrogen) atoms. The molecule has 2 aromatic rings. The van der Waals surface area contributed by atoms with Crippen LogP contribution in [0.15, 0.2) is 42.5 Å². The highest BCUT2D eigenvalue weighted by atomic mass is 16.6. The maximum Gasteiger partial charge on any atom is 0.269 e. The van der Waals surface area contributed by atoms with Gasteiger partial charge in [0.1, 0.15) is 11.8 Å². The largest absolute Gasteiger partial charge is 0.544 e. The molecule has 2 aliphatic rings. The van der Waals surface area contributed by atoms with Gasteiger partial charge in [-0.1, -0.05) is 18.2 Å². The fourth-order valence-corrected chi connectivity index (χ4v) is 4.28. The number of non-ortho nitro benzene ring substituents is 1. The maximum atomic E-state index is 11.4. The number of hydrogen-bond donors (Lipinski definition) is 3. The fourth-order valence-electron chi connectivity index (χ4n) is 4.28. The Morgan fingerprint density at radius 2 is 2.12 bits per heavy atom. The maximum absolute atomic E-state index is 11.4. The molecule has 1 saturated heterocycles. The smallest absolute Gasteiger partial charge is 0.269 e. The van der Waals surface area contributed by atoms with Crippen LogP contribution < -0.4 is 15.7 Å². The molecular weight excluding hydrogens is 338 g/mol. The quantitative estimate of drug-likeness (QED) is 0.506. The highest BCUT2D eigenvalue weighted by Gasteiger charge is 2.57. The Bertz CT molecular complexity index is 915. The first kappa shape index (κ1) is 16.3. The SMILES string of the molecule is O=C([O-])[C@@H]1C[C@]2(Cc3cc([N+](=O)[O-])ccc3O)c3ccccc3N[C@@H]2[NH2+]1. The molecule has 0 bridgehead atoms. The van der Waals surface area contributed by atoms with Crippen LogP contribution in [0.2, 0.25) is 0 Å². The van der Waals surface area contributed by atoms with Crippen LogP contribution in [-0.4, -0.2) is 28.2 Å². The summed E-state index contributed by atoms with van der Waals surface area (Å²) < 4.78 is 0. The van der Waals surface area contributed by atoms with Crippen LogP contribution in [0.3, 0.4) is 0 Å². The van der Waals surface area contributed by atoms with E-state index in [0.717, 1.165) is 11.3 Å². The Balaban J connectivity index is 1.80. The summed E-state index contributed by atoms with van der Waals surface area (Å²) in [5.74, 6) is -1.17. The lowest BCUT2D eigenvalue weighted by atomic mass is 9.73. The number of carboxylic acid groups (broad SMARTS) is 1. The molecule has 0 spiro atoms. The molecule has 2 heterocycles. The number of rotatable bonds is 4. The minimum atomic E-state index is -1.14. The molecule has 0 aliphatic carbocycles. The number of anilines is 1. The topological polar surface area (TPSA) is 132 Å². The first-order valence-corrected chi connectivity index (χ1v) is 8.29. The van der Waals surface area contributed by atoms with Crippen molar-refractivity contribution in [3.8, 4) is 5.75 Å². The van der Waals surface area contributed by atoms with Crippen LogP contribution in [0.5, 0.6) is 5.75 Å². The van der Waals surface area contributed by atoms with Gasteiger partial charge in [0, 0.05) is 29.8 Å². The summed E-state index contributed by atoms with van der Waals surface area (Å²) in [6.45, 7) is 0. The van der Waals surface area contributed by atoms with E-state index in [1.807, 2.05) is 24.3 Å². The van der Waals surface area contributed by atoms with Crippen molar-refractivity contribution in [2.75, 3.05) is 5.32 Å². The number of nitro groups is 1. The molecule has 0 amide bonds. The number of aromatic hydroxyl groups is 1.